The Bertz CT molecular complexity index is 1020. The molecule has 31 heavy (non-hydrogen) atoms. The zero-order valence-electron chi connectivity index (χ0n) is 19.9. The maximum atomic E-state index is 12.5. The van der Waals surface area contributed by atoms with Crippen molar-refractivity contribution in [2.45, 2.75) is 72.8 Å². The maximum Gasteiger partial charge on any atom is 0.338 e. The van der Waals surface area contributed by atoms with Crippen LogP contribution in [0.3, 0.4) is 0 Å². The fourth-order valence-corrected chi connectivity index (χ4v) is 3.60. The van der Waals surface area contributed by atoms with Gasteiger partial charge in [-0.3, -0.25) is 0 Å². The Balaban J connectivity index is 2.49. The lowest BCUT2D eigenvalue weighted by Crippen LogP contribution is -2.24. The molecule has 0 aliphatic rings. The van der Waals surface area contributed by atoms with E-state index in [0.29, 0.717) is 17.6 Å². The third-order valence-corrected chi connectivity index (χ3v) is 5.39. The highest BCUT2D eigenvalue weighted by atomic mass is 16.6. The highest BCUT2D eigenvalue weighted by Gasteiger charge is 2.26. The molecule has 0 aliphatic carbocycles. The molecule has 0 spiro atoms. The normalized spacial score (nSPS) is 12.9. The van der Waals surface area contributed by atoms with Crippen molar-refractivity contribution in [1.82, 2.24) is 0 Å². The molecule has 0 amide bonds. The fraction of sp³-hybridized carbons (Fsp3) is 0.407. The van der Waals surface area contributed by atoms with E-state index in [-0.39, 0.29) is 11.4 Å². The molecule has 0 atom stereocenters. The molecule has 0 aliphatic heterocycles. The monoisotopic (exact) mass is 422 g/mol. The zero-order chi connectivity index (χ0) is 23.6. The molecule has 0 aromatic heterocycles. The minimum absolute atomic E-state index is 0.268. The molecule has 4 heteroatoms. The summed E-state index contributed by atoms with van der Waals surface area (Å²) in [5.74, 6) is -1.32. The second kappa shape index (κ2) is 9.09. The van der Waals surface area contributed by atoms with Crippen molar-refractivity contribution in [2.75, 3.05) is 0 Å². The van der Waals surface area contributed by atoms with Crippen molar-refractivity contribution >= 4 is 17.5 Å². The van der Waals surface area contributed by atoms with E-state index in [1.807, 2.05) is 45.9 Å². The molecule has 0 radical (unpaired) electrons. The Kier molecular flexibility index (Phi) is 7.15. The van der Waals surface area contributed by atoms with Crippen LogP contribution in [0.1, 0.15) is 80.6 Å². The number of hydrogen-bond acceptors (Lipinski definition) is 3. The Morgan fingerprint density at radius 2 is 1.61 bits per heavy atom. The van der Waals surface area contributed by atoms with Gasteiger partial charge in [0, 0.05) is 5.57 Å². The molecule has 0 saturated carbocycles. The summed E-state index contributed by atoms with van der Waals surface area (Å²) in [6.45, 7) is 15.3. The molecule has 1 N–H and O–H groups in total. The highest BCUT2D eigenvalue weighted by molar-refractivity contribution is 5.97. The third kappa shape index (κ3) is 6.30. The first-order valence-electron chi connectivity index (χ1n) is 10.6. The minimum Gasteiger partial charge on any atom is -0.478 e. The van der Waals surface area contributed by atoms with E-state index in [2.05, 4.69) is 39.0 Å². The predicted molar refractivity (Wildman–Crippen MR) is 125 cm³/mol. The largest absolute Gasteiger partial charge is 0.478 e. The molecule has 2 aromatic carbocycles. The summed E-state index contributed by atoms with van der Waals surface area (Å²) in [7, 11) is 0. The predicted octanol–water partition coefficient (Wildman–Crippen LogP) is 6.48. The molecule has 2 rings (SSSR count). The first-order valence-corrected chi connectivity index (χ1v) is 10.6. The summed E-state index contributed by atoms with van der Waals surface area (Å²) < 4.78 is 5.50. The van der Waals surface area contributed by atoms with Crippen molar-refractivity contribution in [1.29, 1.82) is 0 Å². The molecule has 4 nitrogen and oxygen atoms in total. The van der Waals surface area contributed by atoms with Gasteiger partial charge in [0.25, 0.3) is 0 Å². The average Bonchev–Trinajstić information content (AvgIpc) is 2.64. The second-order valence-corrected chi connectivity index (χ2v) is 9.87. The SMILES string of the molecule is CC(C(=O)O)=C(CC(C)(C)c1cccc(C)c1)c1ccc(C(=O)OC(C)(C)C)c(C)c1. The zero-order valence-corrected chi connectivity index (χ0v) is 19.9. The first-order chi connectivity index (χ1) is 14.2. The summed E-state index contributed by atoms with van der Waals surface area (Å²) >= 11 is 0. The molecular formula is C27H34O4. The van der Waals surface area contributed by atoms with E-state index in [1.165, 1.54) is 5.56 Å². The maximum absolute atomic E-state index is 12.5. The number of esters is 1. The quantitative estimate of drug-likeness (QED) is 0.427. The Morgan fingerprint density at radius 1 is 0.968 bits per heavy atom. The van der Waals surface area contributed by atoms with Crippen LogP contribution in [0.2, 0.25) is 0 Å². The lowest BCUT2D eigenvalue weighted by atomic mass is 9.76. The number of hydrogen-bond donors (Lipinski definition) is 1. The van der Waals surface area contributed by atoms with Gasteiger partial charge in [-0.25, -0.2) is 9.59 Å². The van der Waals surface area contributed by atoms with Crippen LogP contribution in [0, 0.1) is 13.8 Å². The number of carboxylic acids is 1. The van der Waals surface area contributed by atoms with Crippen molar-refractivity contribution in [3.8, 4) is 0 Å². The lowest BCUT2D eigenvalue weighted by Gasteiger charge is -2.28. The van der Waals surface area contributed by atoms with Crippen LogP contribution in [0.15, 0.2) is 48.0 Å². The van der Waals surface area contributed by atoms with Gasteiger partial charge in [0.1, 0.15) is 5.60 Å². The van der Waals surface area contributed by atoms with Gasteiger partial charge in [0.2, 0.25) is 0 Å². The number of aryl methyl sites for hydroxylation is 2. The Labute approximate surface area is 186 Å². The number of benzene rings is 2. The van der Waals surface area contributed by atoms with Gasteiger partial charge in [-0.1, -0.05) is 55.8 Å². The van der Waals surface area contributed by atoms with Gasteiger partial charge in [-0.05, 0) is 81.7 Å². The van der Waals surface area contributed by atoms with Crippen molar-refractivity contribution in [3.05, 3.63) is 75.9 Å². The summed E-state index contributed by atoms with van der Waals surface area (Å²) in [5, 5.41) is 9.73. The van der Waals surface area contributed by atoms with Crippen molar-refractivity contribution < 1.29 is 19.4 Å². The van der Waals surface area contributed by atoms with Crippen molar-refractivity contribution in [2.24, 2.45) is 0 Å². The molecule has 0 bridgehead atoms. The number of rotatable bonds is 6. The van der Waals surface area contributed by atoms with Crippen LogP contribution >= 0.6 is 0 Å². The fourth-order valence-electron chi connectivity index (χ4n) is 3.60. The molecule has 2 aromatic rings. The topological polar surface area (TPSA) is 63.6 Å². The second-order valence-electron chi connectivity index (χ2n) is 9.87. The van der Waals surface area contributed by atoms with E-state index in [1.54, 1.807) is 13.0 Å². The molecule has 0 saturated heterocycles. The van der Waals surface area contributed by atoms with Gasteiger partial charge in [0.05, 0.1) is 5.56 Å². The molecular weight excluding hydrogens is 388 g/mol. The Hall–Kier alpha value is -2.88. The summed E-state index contributed by atoms with van der Waals surface area (Å²) in [6.07, 6.45) is 0.555. The average molecular weight is 423 g/mol. The van der Waals surface area contributed by atoms with E-state index in [0.717, 1.165) is 22.3 Å². The van der Waals surface area contributed by atoms with Crippen LogP contribution in [0.5, 0.6) is 0 Å². The van der Waals surface area contributed by atoms with Crippen LogP contribution in [-0.4, -0.2) is 22.6 Å². The third-order valence-electron chi connectivity index (χ3n) is 5.39. The highest BCUT2D eigenvalue weighted by Crippen LogP contribution is 2.37. The summed E-state index contributed by atoms with van der Waals surface area (Å²) in [6, 6.07) is 13.7. The van der Waals surface area contributed by atoms with Crippen molar-refractivity contribution in [3.63, 3.8) is 0 Å². The van der Waals surface area contributed by atoms with Crippen LogP contribution < -0.4 is 0 Å². The summed E-state index contributed by atoms with van der Waals surface area (Å²) in [5.41, 5.74) is 4.61. The van der Waals surface area contributed by atoms with E-state index >= 15 is 0 Å². The number of carbonyl (C=O) groups is 2. The van der Waals surface area contributed by atoms with Crippen LogP contribution in [0.25, 0.3) is 5.57 Å². The van der Waals surface area contributed by atoms with Gasteiger partial charge >= 0.3 is 11.9 Å². The minimum atomic E-state index is -0.941. The lowest BCUT2D eigenvalue weighted by molar-refractivity contribution is -0.132. The number of aliphatic carboxylic acids is 1. The Morgan fingerprint density at radius 3 is 2.13 bits per heavy atom. The number of allylic oxidation sites excluding steroid dienone is 1. The van der Waals surface area contributed by atoms with Gasteiger partial charge in [0.15, 0.2) is 0 Å². The standard InChI is InChI=1S/C27H34O4/c1-17-10-9-11-21(14-17)27(7,8)16-23(19(3)24(28)29)20-12-13-22(18(2)15-20)25(30)31-26(4,5)6/h9-15H,16H2,1-8H3,(H,28,29). The molecule has 0 unspecified atom stereocenters. The molecule has 0 heterocycles. The van der Waals surface area contributed by atoms with Crippen LogP contribution in [-0.2, 0) is 14.9 Å². The van der Waals surface area contributed by atoms with Gasteiger partial charge < -0.3 is 9.84 Å². The summed E-state index contributed by atoms with van der Waals surface area (Å²) in [4.78, 5) is 24.4. The van der Waals surface area contributed by atoms with E-state index in [4.69, 9.17) is 4.74 Å². The van der Waals surface area contributed by atoms with Gasteiger partial charge in [-0.2, -0.15) is 0 Å². The molecule has 166 valence electrons. The van der Waals surface area contributed by atoms with E-state index in [9.17, 15) is 14.7 Å². The first kappa shape index (κ1) is 24.4. The number of ether oxygens (including phenoxy) is 1. The van der Waals surface area contributed by atoms with Crippen LogP contribution in [0.4, 0.5) is 0 Å². The van der Waals surface area contributed by atoms with E-state index < -0.39 is 11.6 Å². The number of carbonyl (C=O) groups excluding carboxylic acids is 1. The smallest absolute Gasteiger partial charge is 0.338 e. The van der Waals surface area contributed by atoms with Gasteiger partial charge in [-0.15, -0.1) is 0 Å². The molecule has 0 fully saturated rings. The number of carboxylic acid groups (broad SMARTS) is 1.